The molecule has 2 amide bonds. The number of rotatable bonds is 7. The van der Waals surface area contributed by atoms with Crippen LogP contribution in [-0.4, -0.2) is 66.3 Å². The van der Waals surface area contributed by atoms with Gasteiger partial charge in [-0.2, -0.15) is 0 Å². The van der Waals surface area contributed by atoms with Crippen LogP contribution < -0.4 is 5.32 Å². The number of piperidine rings is 1. The van der Waals surface area contributed by atoms with Gasteiger partial charge in [-0.25, -0.2) is 4.79 Å². The Balaban J connectivity index is 1.63. The molecule has 0 aromatic rings. The minimum absolute atomic E-state index is 0.0401. The standard InChI is InChI=1S/C16H31N3O2/c1-3-4-9-19-10-7-14(8-11-19)17-16(21)18(2)12-15(20)13-5-6-13/h13-15,20H,3-12H2,1-2H3,(H,17,21). The lowest BCUT2D eigenvalue weighted by atomic mass is 10.0. The molecule has 2 fully saturated rings. The van der Waals surface area contributed by atoms with Crippen molar-refractivity contribution in [3.05, 3.63) is 0 Å². The number of nitrogens with one attached hydrogen (secondary N) is 1. The summed E-state index contributed by atoms with van der Waals surface area (Å²) >= 11 is 0. The van der Waals surface area contributed by atoms with Gasteiger partial charge in [-0.3, -0.25) is 0 Å². The predicted octanol–water partition coefficient (Wildman–Crippen LogP) is 1.66. The van der Waals surface area contributed by atoms with E-state index in [1.807, 2.05) is 0 Å². The summed E-state index contributed by atoms with van der Waals surface area (Å²) in [5, 5.41) is 13.0. The maximum atomic E-state index is 12.1. The summed E-state index contributed by atoms with van der Waals surface area (Å²) in [6, 6.07) is 0.248. The van der Waals surface area contributed by atoms with Gasteiger partial charge in [0.25, 0.3) is 0 Å². The second-order valence-electron chi connectivity index (χ2n) is 6.70. The van der Waals surface area contributed by atoms with Gasteiger partial charge < -0.3 is 20.2 Å². The molecule has 2 rings (SSSR count). The van der Waals surface area contributed by atoms with Crippen molar-refractivity contribution in [1.82, 2.24) is 15.1 Å². The van der Waals surface area contributed by atoms with E-state index < -0.39 is 0 Å². The fourth-order valence-electron chi connectivity index (χ4n) is 2.96. The molecule has 5 nitrogen and oxygen atoms in total. The molecule has 1 saturated heterocycles. The molecule has 1 saturated carbocycles. The molecule has 0 radical (unpaired) electrons. The van der Waals surface area contributed by atoms with E-state index in [2.05, 4.69) is 17.1 Å². The van der Waals surface area contributed by atoms with E-state index in [9.17, 15) is 9.90 Å². The van der Waals surface area contributed by atoms with E-state index >= 15 is 0 Å². The van der Waals surface area contributed by atoms with E-state index in [-0.39, 0.29) is 18.2 Å². The highest BCUT2D eigenvalue weighted by Crippen LogP contribution is 2.32. The quantitative estimate of drug-likeness (QED) is 0.751. The first-order chi connectivity index (χ1) is 10.1. The molecule has 1 aliphatic carbocycles. The van der Waals surface area contributed by atoms with E-state index in [0.717, 1.165) is 38.8 Å². The molecule has 0 bridgehead atoms. The molecule has 122 valence electrons. The average Bonchev–Trinajstić information content (AvgIpc) is 3.31. The van der Waals surface area contributed by atoms with Gasteiger partial charge in [0.2, 0.25) is 0 Å². The van der Waals surface area contributed by atoms with Gasteiger partial charge in [0, 0.05) is 32.7 Å². The predicted molar refractivity (Wildman–Crippen MR) is 84.3 cm³/mol. The number of likely N-dealkylation sites (N-methyl/N-ethyl adjacent to an activating group) is 1. The smallest absolute Gasteiger partial charge is 0.317 e. The summed E-state index contributed by atoms with van der Waals surface area (Å²) in [5.74, 6) is 0.419. The number of carbonyl (C=O) groups excluding carboxylic acids is 1. The number of carbonyl (C=O) groups is 1. The van der Waals surface area contributed by atoms with Crippen LogP contribution >= 0.6 is 0 Å². The molecular weight excluding hydrogens is 266 g/mol. The van der Waals surface area contributed by atoms with E-state index in [0.29, 0.717) is 12.5 Å². The van der Waals surface area contributed by atoms with Crippen LogP contribution in [-0.2, 0) is 0 Å². The van der Waals surface area contributed by atoms with Crippen molar-refractivity contribution in [3.8, 4) is 0 Å². The van der Waals surface area contributed by atoms with Crippen LogP contribution in [0.1, 0.15) is 45.4 Å². The number of unbranched alkanes of at least 4 members (excludes halogenated alkanes) is 1. The van der Waals surface area contributed by atoms with Crippen LogP contribution in [0.2, 0.25) is 0 Å². The second-order valence-corrected chi connectivity index (χ2v) is 6.70. The first-order valence-electron chi connectivity index (χ1n) is 8.52. The molecule has 0 spiro atoms. The van der Waals surface area contributed by atoms with Gasteiger partial charge >= 0.3 is 6.03 Å². The van der Waals surface area contributed by atoms with E-state index in [1.165, 1.54) is 19.4 Å². The molecule has 1 heterocycles. The number of aliphatic hydroxyl groups excluding tert-OH is 1. The first kappa shape index (κ1) is 16.6. The van der Waals surface area contributed by atoms with E-state index in [1.54, 1.807) is 11.9 Å². The zero-order valence-electron chi connectivity index (χ0n) is 13.6. The Morgan fingerprint density at radius 2 is 2.00 bits per heavy atom. The molecule has 2 N–H and O–H groups in total. The van der Waals surface area contributed by atoms with Crippen molar-refractivity contribution in [2.24, 2.45) is 5.92 Å². The summed E-state index contributed by atoms with van der Waals surface area (Å²) < 4.78 is 0. The largest absolute Gasteiger partial charge is 0.391 e. The van der Waals surface area contributed by atoms with Crippen LogP contribution in [0.4, 0.5) is 4.79 Å². The fourth-order valence-corrected chi connectivity index (χ4v) is 2.96. The Labute approximate surface area is 128 Å². The maximum Gasteiger partial charge on any atom is 0.317 e. The van der Waals surface area contributed by atoms with Gasteiger partial charge in [-0.15, -0.1) is 0 Å². The summed E-state index contributed by atoms with van der Waals surface area (Å²) in [5.41, 5.74) is 0. The molecule has 2 aliphatic rings. The fraction of sp³-hybridized carbons (Fsp3) is 0.938. The lowest BCUT2D eigenvalue weighted by molar-refractivity contribution is 0.110. The highest BCUT2D eigenvalue weighted by Gasteiger charge is 2.31. The molecule has 5 heteroatoms. The zero-order chi connectivity index (χ0) is 15.2. The van der Waals surface area contributed by atoms with Crippen LogP contribution in [0.15, 0.2) is 0 Å². The number of nitrogens with zero attached hydrogens (tertiary/aromatic N) is 2. The maximum absolute atomic E-state index is 12.1. The summed E-state index contributed by atoms with van der Waals surface area (Å²) in [6.45, 7) is 6.02. The molecule has 1 aliphatic heterocycles. The lowest BCUT2D eigenvalue weighted by Crippen LogP contribution is -2.49. The van der Waals surface area contributed by atoms with Crippen molar-refractivity contribution in [1.29, 1.82) is 0 Å². The monoisotopic (exact) mass is 297 g/mol. The minimum Gasteiger partial charge on any atom is -0.391 e. The molecular formula is C16H31N3O2. The average molecular weight is 297 g/mol. The highest BCUT2D eigenvalue weighted by atomic mass is 16.3. The molecule has 0 aromatic carbocycles. The third-order valence-electron chi connectivity index (χ3n) is 4.72. The number of amides is 2. The zero-order valence-corrected chi connectivity index (χ0v) is 13.6. The van der Waals surface area contributed by atoms with Gasteiger partial charge in [0.1, 0.15) is 0 Å². The van der Waals surface area contributed by atoms with E-state index in [4.69, 9.17) is 0 Å². The lowest BCUT2D eigenvalue weighted by Gasteiger charge is -2.33. The summed E-state index contributed by atoms with van der Waals surface area (Å²) in [7, 11) is 1.78. The Morgan fingerprint density at radius 3 is 2.57 bits per heavy atom. The number of aliphatic hydroxyl groups is 1. The molecule has 1 atom stereocenters. The van der Waals surface area contributed by atoms with Gasteiger partial charge in [0.05, 0.1) is 6.10 Å². The number of hydrogen-bond acceptors (Lipinski definition) is 3. The molecule has 21 heavy (non-hydrogen) atoms. The second kappa shape index (κ2) is 7.99. The van der Waals surface area contributed by atoms with Gasteiger partial charge in [0.15, 0.2) is 0 Å². The summed E-state index contributed by atoms with van der Waals surface area (Å²) in [6.07, 6.45) is 6.43. The normalized spacial score (nSPS) is 22.0. The van der Waals surface area contributed by atoms with Crippen molar-refractivity contribution >= 4 is 6.03 Å². The molecule has 0 aromatic heterocycles. The summed E-state index contributed by atoms with van der Waals surface area (Å²) in [4.78, 5) is 16.3. The molecule has 1 unspecified atom stereocenters. The van der Waals surface area contributed by atoms with Crippen LogP contribution in [0.3, 0.4) is 0 Å². The van der Waals surface area contributed by atoms with Crippen molar-refractivity contribution in [2.45, 2.75) is 57.6 Å². The number of likely N-dealkylation sites (tertiary alicyclic amines) is 1. The minimum atomic E-state index is -0.350. The number of urea groups is 1. The Morgan fingerprint density at radius 1 is 1.33 bits per heavy atom. The van der Waals surface area contributed by atoms with Gasteiger partial charge in [-0.05, 0) is 44.6 Å². The van der Waals surface area contributed by atoms with Crippen LogP contribution in [0.25, 0.3) is 0 Å². The SMILES string of the molecule is CCCCN1CCC(NC(=O)N(C)CC(O)C2CC2)CC1. The first-order valence-corrected chi connectivity index (χ1v) is 8.52. The van der Waals surface area contributed by atoms with Crippen molar-refractivity contribution in [2.75, 3.05) is 33.2 Å². The van der Waals surface area contributed by atoms with Crippen LogP contribution in [0.5, 0.6) is 0 Å². The third-order valence-corrected chi connectivity index (χ3v) is 4.72. The Bertz CT molecular complexity index is 325. The van der Waals surface area contributed by atoms with Crippen molar-refractivity contribution < 1.29 is 9.90 Å². The van der Waals surface area contributed by atoms with Crippen LogP contribution in [0, 0.1) is 5.92 Å². The topological polar surface area (TPSA) is 55.8 Å². The third kappa shape index (κ3) is 5.47. The van der Waals surface area contributed by atoms with Gasteiger partial charge in [-0.1, -0.05) is 13.3 Å². The van der Waals surface area contributed by atoms with Crippen molar-refractivity contribution in [3.63, 3.8) is 0 Å². The number of hydrogen-bond donors (Lipinski definition) is 2. The highest BCUT2D eigenvalue weighted by molar-refractivity contribution is 5.74. The Kier molecular flexibility index (Phi) is 6.30. The Hall–Kier alpha value is -0.810.